The van der Waals surface area contributed by atoms with Gasteiger partial charge in [-0.25, -0.2) is 4.90 Å². The molecule has 0 N–H and O–H groups in total. The fourth-order valence-electron chi connectivity index (χ4n) is 3.10. The van der Waals surface area contributed by atoms with Crippen LogP contribution in [-0.4, -0.2) is 29.4 Å². The van der Waals surface area contributed by atoms with Crippen molar-refractivity contribution in [3.05, 3.63) is 34.9 Å². The summed E-state index contributed by atoms with van der Waals surface area (Å²) in [6, 6.07) is 2.09. The lowest BCUT2D eigenvalue weighted by Gasteiger charge is -2.15. The molecule has 1 saturated carbocycles. The molecule has 0 aromatic rings. The molecule has 2 aliphatic rings. The number of hydrogen-bond acceptors (Lipinski definition) is 5. The first-order valence-electron chi connectivity index (χ1n) is 8.11. The molecule has 0 saturated heterocycles. The minimum atomic E-state index is -0.466. The second-order valence-electron chi connectivity index (χ2n) is 6.94. The standard InChI is InChI=1S/C19H22N2O4/c1-6-7-13(9-20)8-14-15(19(14,4)5)18(24)25-10-21-16(22)11(2)12(3)17(21)23/h6-8,14-15H,10H2,1-5H3/b7-6+,13-8-/t14-,15+/m1/s1. The lowest BCUT2D eigenvalue weighted by molar-refractivity contribution is -0.156. The van der Waals surface area contributed by atoms with Crippen molar-refractivity contribution in [2.45, 2.75) is 34.6 Å². The van der Waals surface area contributed by atoms with Crippen LogP contribution in [0.4, 0.5) is 0 Å². The minimum Gasteiger partial charge on any atom is -0.443 e. The topological polar surface area (TPSA) is 87.5 Å². The van der Waals surface area contributed by atoms with Crippen molar-refractivity contribution in [3.8, 4) is 6.07 Å². The van der Waals surface area contributed by atoms with Crippen molar-refractivity contribution in [2.75, 3.05) is 6.73 Å². The van der Waals surface area contributed by atoms with Crippen LogP contribution in [0.1, 0.15) is 34.6 Å². The summed E-state index contributed by atoms with van der Waals surface area (Å²) in [5.74, 6) is -1.84. The summed E-state index contributed by atoms with van der Waals surface area (Å²) in [5, 5.41) is 9.11. The van der Waals surface area contributed by atoms with E-state index in [4.69, 9.17) is 10.00 Å². The van der Waals surface area contributed by atoms with Gasteiger partial charge >= 0.3 is 5.97 Å². The van der Waals surface area contributed by atoms with Gasteiger partial charge in [-0.3, -0.25) is 14.4 Å². The largest absolute Gasteiger partial charge is 0.443 e. The summed E-state index contributed by atoms with van der Waals surface area (Å²) in [6.07, 6.45) is 5.23. The van der Waals surface area contributed by atoms with Crippen molar-refractivity contribution in [3.63, 3.8) is 0 Å². The number of nitrogens with zero attached hydrogens (tertiary/aromatic N) is 2. The lowest BCUT2D eigenvalue weighted by atomic mass is 10.1. The van der Waals surface area contributed by atoms with Gasteiger partial charge in [0, 0.05) is 16.7 Å². The van der Waals surface area contributed by atoms with Crippen LogP contribution < -0.4 is 0 Å². The van der Waals surface area contributed by atoms with Crippen LogP contribution >= 0.6 is 0 Å². The summed E-state index contributed by atoms with van der Waals surface area (Å²) in [7, 11) is 0. The molecule has 0 radical (unpaired) electrons. The molecule has 0 spiro atoms. The van der Waals surface area contributed by atoms with Gasteiger partial charge in [0.25, 0.3) is 11.8 Å². The second kappa shape index (κ2) is 6.67. The highest BCUT2D eigenvalue weighted by Gasteiger charge is 2.61. The normalized spacial score (nSPS) is 25.6. The lowest BCUT2D eigenvalue weighted by Crippen LogP contribution is -2.35. The zero-order valence-corrected chi connectivity index (χ0v) is 15.1. The average molecular weight is 342 g/mol. The van der Waals surface area contributed by atoms with Crippen LogP contribution in [0.5, 0.6) is 0 Å². The number of carbonyl (C=O) groups is 3. The Bertz CT molecular complexity index is 741. The number of ether oxygens (including phenoxy) is 1. The summed E-state index contributed by atoms with van der Waals surface area (Å²) < 4.78 is 5.22. The molecule has 1 fully saturated rings. The predicted molar refractivity (Wildman–Crippen MR) is 90.5 cm³/mol. The third-order valence-electron chi connectivity index (χ3n) is 5.03. The first-order chi connectivity index (χ1) is 11.7. The third-order valence-corrected chi connectivity index (χ3v) is 5.03. The van der Waals surface area contributed by atoms with E-state index in [0.717, 1.165) is 4.90 Å². The minimum absolute atomic E-state index is 0.113. The Morgan fingerprint density at radius 1 is 1.28 bits per heavy atom. The third kappa shape index (κ3) is 3.27. The number of esters is 1. The van der Waals surface area contributed by atoms with Gasteiger partial charge in [-0.1, -0.05) is 26.0 Å². The number of rotatable bonds is 5. The Balaban J connectivity index is 2.02. The van der Waals surface area contributed by atoms with Crippen LogP contribution in [0.15, 0.2) is 34.9 Å². The summed E-state index contributed by atoms with van der Waals surface area (Å²) in [6.45, 7) is 8.44. The van der Waals surface area contributed by atoms with Crippen molar-refractivity contribution in [1.29, 1.82) is 5.26 Å². The second-order valence-corrected chi connectivity index (χ2v) is 6.94. The average Bonchev–Trinajstić information content (AvgIpc) is 3.06. The Hall–Kier alpha value is -2.68. The number of nitriles is 1. The molecule has 6 nitrogen and oxygen atoms in total. The quantitative estimate of drug-likeness (QED) is 0.331. The van der Waals surface area contributed by atoms with E-state index in [1.807, 2.05) is 20.8 Å². The van der Waals surface area contributed by atoms with E-state index in [9.17, 15) is 14.4 Å². The zero-order valence-electron chi connectivity index (χ0n) is 15.1. The molecule has 2 atom stereocenters. The summed E-state index contributed by atoms with van der Waals surface area (Å²) in [5.41, 5.74) is 0.914. The molecule has 0 aromatic carbocycles. The molecule has 0 bridgehead atoms. The molecule has 6 heteroatoms. The fraction of sp³-hybridized carbons (Fsp3) is 0.474. The number of amides is 2. The van der Waals surface area contributed by atoms with Crippen LogP contribution in [0, 0.1) is 28.6 Å². The maximum Gasteiger partial charge on any atom is 0.311 e. The molecule has 2 amide bonds. The maximum absolute atomic E-state index is 12.4. The van der Waals surface area contributed by atoms with E-state index in [1.54, 1.807) is 32.1 Å². The molecular weight excluding hydrogens is 320 g/mol. The van der Waals surface area contributed by atoms with Gasteiger partial charge in [0.1, 0.15) is 0 Å². The maximum atomic E-state index is 12.4. The molecular formula is C19H22N2O4. The first kappa shape index (κ1) is 18.7. The SMILES string of the molecule is C/C=C/C(C#N)=C/[C@@H]1[C@@H](C(=O)OCN2C(=O)C(C)=C(C)C2=O)C1(C)C. The van der Waals surface area contributed by atoms with Gasteiger partial charge in [0.15, 0.2) is 6.73 Å². The first-order valence-corrected chi connectivity index (χ1v) is 8.11. The Morgan fingerprint density at radius 2 is 1.84 bits per heavy atom. The number of allylic oxidation sites excluding steroid dienone is 4. The predicted octanol–water partition coefficient (Wildman–Crippen LogP) is 2.49. The van der Waals surface area contributed by atoms with Crippen LogP contribution in [0.2, 0.25) is 0 Å². The highest BCUT2D eigenvalue weighted by molar-refractivity contribution is 6.18. The molecule has 0 aromatic heterocycles. The molecule has 132 valence electrons. The zero-order chi connectivity index (χ0) is 18.9. The van der Waals surface area contributed by atoms with E-state index in [2.05, 4.69) is 6.07 Å². The van der Waals surface area contributed by atoms with Crippen LogP contribution in [-0.2, 0) is 19.1 Å². The van der Waals surface area contributed by atoms with Crippen molar-refractivity contribution in [1.82, 2.24) is 4.90 Å². The number of imide groups is 1. The van der Waals surface area contributed by atoms with Crippen LogP contribution in [0.3, 0.4) is 0 Å². The van der Waals surface area contributed by atoms with E-state index >= 15 is 0 Å². The van der Waals surface area contributed by atoms with E-state index in [1.165, 1.54) is 0 Å². The van der Waals surface area contributed by atoms with Crippen LogP contribution in [0.25, 0.3) is 0 Å². The highest BCUT2D eigenvalue weighted by Crippen LogP contribution is 2.59. The smallest absolute Gasteiger partial charge is 0.311 e. The molecule has 1 aliphatic heterocycles. The molecule has 25 heavy (non-hydrogen) atoms. The highest BCUT2D eigenvalue weighted by atomic mass is 16.5. The van der Waals surface area contributed by atoms with Gasteiger partial charge in [0.05, 0.1) is 12.0 Å². The molecule has 1 aliphatic carbocycles. The Labute approximate surface area is 147 Å². The molecule has 2 rings (SSSR count). The fourth-order valence-corrected chi connectivity index (χ4v) is 3.10. The van der Waals surface area contributed by atoms with Gasteiger partial charge in [-0.15, -0.1) is 0 Å². The van der Waals surface area contributed by atoms with Gasteiger partial charge in [-0.05, 0) is 38.2 Å². The monoisotopic (exact) mass is 342 g/mol. The summed E-state index contributed by atoms with van der Waals surface area (Å²) >= 11 is 0. The Morgan fingerprint density at radius 3 is 2.32 bits per heavy atom. The van der Waals surface area contributed by atoms with Crippen molar-refractivity contribution in [2.24, 2.45) is 17.3 Å². The summed E-state index contributed by atoms with van der Waals surface area (Å²) in [4.78, 5) is 37.3. The number of carbonyl (C=O) groups excluding carboxylic acids is 3. The van der Waals surface area contributed by atoms with Crippen molar-refractivity contribution < 1.29 is 19.1 Å². The Kier molecular flexibility index (Phi) is 4.98. The molecule has 0 unspecified atom stereocenters. The van der Waals surface area contributed by atoms with E-state index in [0.29, 0.717) is 16.7 Å². The van der Waals surface area contributed by atoms with Gasteiger partial charge in [0.2, 0.25) is 0 Å². The van der Waals surface area contributed by atoms with Gasteiger partial charge < -0.3 is 4.74 Å². The molecule has 1 heterocycles. The van der Waals surface area contributed by atoms with E-state index in [-0.39, 0.29) is 18.1 Å². The van der Waals surface area contributed by atoms with Crippen molar-refractivity contribution >= 4 is 17.8 Å². The van der Waals surface area contributed by atoms with E-state index < -0.39 is 23.7 Å². The van der Waals surface area contributed by atoms with Gasteiger partial charge in [-0.2, -0.15) is 5.26 Å². The number of hydrogen-bond donors (Lipinski definition) is 0.